The van der Waals surface area contributed by atoms with Crippen LogP contribution in [0.4, 0.5) is 5.69 Å². The Kier molecular flexibility index (Phi) is 10.2. The molecule has 2 rings (SSSR count). The van der Waals surface area contributed by atoms with Crippen LogP contribution in [0.1, 0.15) is 45.6 Å². The summed E-state index contributed by atoms with van der Waals surface area (Å²) in [5, 5.41) is 0. The monoisotopic (exact) mass is 375 g/mol. The molecule has 1 aliphatic heterocycles. The molecule has 0 saturated carbocycles. The normalized spacial score (nSPS) is 15.9. The molecule has 1 aliphatic rings. The molecule has 1 fully saturated rings. The van der Waals surface area contributed by atoms with Crippen LogP contribution in [-0.4, -0.2) is 69.3 Å². The first-order valence-corrected chi connectivity index (χ1v) is 10.9. The van der Waals surface area contributed by atoms with E-state index >= 15 is 0 Å². The Morgan fingerprint density at radius 2 is 1.67 bits per heavy atom. The molecule has 0 N–H and O–H groups in total. The van der Waals surface area contributed by atoms with Crippen molar-refractivity contribution < 1.29 is 4.74 Å². The Bertz CT molecular complexity index is 495. The van der Waals surface area contributed by atoms with E-state index in [-0.39, 0.29) is 0 Å². The molecule has 0 radical (unpaired) electrons. The van der Waals surface area contributed by atoms with E-state index in [1.54, 1.807) is 0 Å². The van der Waals surface area contributed by atoms with Gasteiger partial charge in [0.25, 0.3) is 0 Å². The summed E-state index contributed by atoms with van der Waals surface area (Å²) in [7, 11) is 2.21. The third-order valence-corrected chi connectivity index (χ3v) is 5.47. The maximum atomic E-state index is 5.75. The molecule has 27 heavy (non-hydrogen) atoms. The summed E-state index contributed by atoms with van der Waals surface area (Å²) in [5.74, 6) is 0.784. The molecule has 1 heterocycles. The van der Waals surface area contributed by atoms with Crippen LogP contribution < -0.4 is 4.90 Å². The van der Waals surface area contributed by atoms with Gasteiger partial charge in [0.15, 0.2) is 0 Å². The average Bonchev–Trinajstić information content (AvgIpc) is 2.67. The molecule has 0 aromatic heterocycles. The van der Waals surface area contributed by atoms with Gasteiger partial charge < -0.3 is 19.4 Å². The van der Waals surface area contributed by atoms with Crippen LogP contribution in [0, 0.1) is 5.92 Å². The second-order valence-electron chi connectivity index (χ2n) is 8.33. The quantitative estimate of drug-likeness (QED) is 0.512. The highest BCUT2D eigenvalue weighted by atomic mass is 16.5. The number of hydrogen-bond acceptors (Lipinski definition) is 4. The van der Waals surface area contributed by atoms with E-state index in [1.165, 1.54) is 43.7 Å². The van der Waals surface area contributed by atoms with Gasteiger partial charge in [-0.05, 0) is 56.5 Å². The predicted octanol–water partition coefficient (Wildman–Crippen LogP) is 4.10. The first kappa shape index (κ1) is 22.2. The molecular weight excluding hydrogens is 334 g/mol. The fourth-order valence-electron chi connectivity index (χ4n) is 3.66. The van der Waals surface area contributed by atoms with Crippen LogP contribution in [0.3, 0.4) is 0 Å². The zero-order valence-electron chi connectivity index (χ0n) is 18.1. The van der Waals surface area contributed by atoms with Gasteiger partial charge in [0.05, 0.1) is 0 Å². The maximum absolute atomic E-state index is 5.75. The Balaban J connectivity index is 1.61. The number of likely N-dealkylation sites (N-methyl/N-ethyl adjacent to an activating group) is 1. The molecule has 0 aliphatic carbocycles. The van der Waals surface area contributed by atoms with Crippen molar-refractivity contribution in [1.29, 1.82) is 0 Å². The van der Waals surface area contributed by atoms with Crippen molar-refractivity contribution in [2.75, 3.05) is 64.4 Å². The van der Waals surface area contributed by atoms with Gasteiger partial charge in [-0.3, -0.25) is 0 Å². The number of benzene rings is 1. The summed E-state index contributed by atoms with van der Waals surface area (Å²) < 4.78 is 5.75. The molecule has 0 amide bonds. The van der Waals surface area contributed by atoms with Gasteiger partial charge in [0.1, 0.15) is 0 Å². The lowest BCUT2D eigenvalue weighted by molar-refractivity contribution is 0.117. The Labute approximate surface area is 167 Å². The summed E-state index contributed by atoms with van der Waals surface area (Å²) in [6, 6.07) is 9.17. The maximum Gasteiger partial charge on any atom is 0.0478 e. The summed E-state index contributed by atoms with van der Waals surface area (Å²) in [4.78, 5) is 7.43. The third-order valence-electron chi connectivity index (χ3n) is 5.47. The van der Waals surface area contributed by atoms with E-state index in [1.807, 2.05) is 0 Å². The number of piperazine rings is 1. The van der Waals surface area contributed by atoms with Gasteiger partial charge >= 0.3 is 0 Å². The van der Waals surface area contributed by atoms with Gasteiger partial charge in [-0.25, -0.2) is 0 Å². The third kappa shape index (κ3) is 8.63. The minimum atomic E-state index is 0.784. The molecule has 0 unspecified atom stereocenters. The van der Waals surface area contributed by atoms with Crippen LogP contribution in [-0.2, 0) is 11.3 Å². The number of anilines is 1. The van der Waals surface area contributed by atoms with Gasteiger partial charge in [-0.2, -0.15) is 0 Å². The molecule has 0 bridgehead atoms. The van der Waals surface area contributed by atoms with Crippen LogP contribution in [0.15, 0.2) is 24.3 Å². The summed E-state index contributed by atoms with van der Waals surface area (Å²) in [5.41, 5.74) is 2.76. The van der Waals surface area contributed by atoms with Crippen molar-refractivity contribution in [3.05, 3.63) is 29.8 Å². The fraction of sp³-hybridized carbons (Fsp3) is 0.739. The largest absolute Gasteiger partial charge is 0.381 e. The van der Waals surface area contributed by atoms with Crippen molar-refractivity contribution in [3.63, 3.8) is 0 Å². The lowest BCUT2D eigenvalue weighted by Crippen LogP contribution is -2.46. The van der Waals surface area contributed by atoms with Crippen molar-refractivity contribution in [1.82, 2.24) is 9.80 Å². The first-order valence-electron chi connectivity index (χ1n) is 10.9. The molecule has 1 aromatic carbocycles. The Morgan fingerprint density at radius 1 is 1.00 bits per heavy atom. The molecule has 0 atom stereocenters. The molecule has 4 nitrogen and oxygen atoms in total. The first-order chi connectivity index (χ1) is 13.1. The van der Waals surface area contributed by atoms with Crippen molar-refractivity contribution in [2.45, 2.75) is 46.6 Å². The molecule has 154 valence electrons. The highest BCUT2D eigenvalue weighted by Gasteiger charge is 2.15. The van der Waals surface area contributed by atoms with E-state index in [2.05, 4.69) is 66.8 Å². The predicted molar refractivity (Wildman–Crippen MR) is 117 cm³/mol. The number of hydrogen-bond donors (Lipinski definition) is 0. The zero-order chi connectivity index (χ0) is 19.5. The number of rotatable bonds is 12. The Hall–Kier alpha value is -1.10. The van der Waals surface area contributed by atoms with E-state index in [9.17, 15) is 0 Å². The van der Waals surface area contributed by atoms with Gasteiger partial charge in [0, 0.05) is 58.2 Å². The minimum Gasteiger partial charge on any atom is -0.381 e. The molecular formula is C23H41N3O. The SMILES string of the molecule is CCN1CCN(c2ccc(CN(C)CCCOCCCC(C)C)cc2)CC1. The van der Waals surface area contributed by atoms with E-state index in [0.717, 1.165) is 51.7 Å². The smallest absolute Gasteiger partial charge is 0.0478 e. The van der Waals surface area contributed by atoms with Crippen LogP contribution in [0.25, 0.3) is 0 Å². The van der Waals surface area contributed by atoms with Crippen molar-refractivity contribution >= 4 is 5.69 Å². The summed E-state index contributed by atoms with van der Waals surface area (Å²) in [6.45, 7) is 16.5. The van der Waals surface area contributed by atoms with Crippen LogP contribution in [0.2, 0.25) is 0 Å². The lowest BCUT2D eigenvalue weighted by atomic mass is 10.1. The second-order valence-corrected chi connectivity index (χ2v) is 8.33. The number of ether oxygens (including phenoxy) is 1. The molecule has 1 aromatic rings. The molecule has 4 heteroatoms. The average molecular weight is 376 g/mol. The number of nitrogens with zero attached hydrogens (tertiary/aromatic N) is 3. The van der Waals surface area contributed by atoms with Gasteiger partial charge in [0.2, 0.25) is 0 Å². The molecule has 0 spiro atoms. The van der Waals surface area contributed by atoms with E-state index in [0.29, 0.717) is 0 Å². The fourth-order valence-corrected chi connectivity index (χ4v) is 3.66. The standard InChI is InChI=1S/C23H41N3O/c1-5-25-14-16-26(17-15-25)23-11-9-22(10-12-23)20-24(4)13-7-19-27-18-6-8-21(2)3/h9-12,21H,5-8,13-20H2,1-4H3. The van der Waals surface area contributed by atoms with Gasteiger partial charge in [-0.1, -0.05) is 32.9 Å². The van der Waals surface area contributed by atoms with Crippen molar-refractivity contribution in [2.24, 2.45) is 5.92 Å². The van der Waals surface area contributed by atoms with Crippen LogP contribution >= 0.6 is 0 Å². The minimum absolute atomic E-state index is 0.784. The van der Waals surface area contributed by atoms with E-state index < -0.39 is 0 Å². The topological polar surface area (TPSA) is 19.0 Å². The summed E-state index contributed by atoms with van der Waals surface area (Å²) >= 11 is 0. The van der Waals surface area contributed by atoms with E-state index in [4.69, 9.17) is 4.74 Å². The highest BCUT2D eigenvalue weighted by Crippen LogP contribution is 2.18. The molecule has 1 saturated heterocycles. The summed E-state index contributed by atoms with van der Waals surface area (Å²) in [6.07, 6.45) is 3.56. The Morgan fingerprint density at radius 3 is 2.30 bits per heavy atom. The lowest BCUT2D eigenvalue weighted by Gasteiger charge is -2.35. The highest BCUT2D eigenvalue weighted by molar-refractivity contribution is 5.48. The van der Waals surface area contributed by atoms with Gasteiger partial charge in [-0.15, -0.1) is 0 Å². The zero-order valence-corrected chi connectivity index (χ0v) is 18.1. The van der Waals surface area contributed by atoms with Crippen molar-refractivity contribution in [3.8, 4) is 0 Å². The second kappa shape index (κ2) is 12.4. The van der Waals surface area contributed by atoms with Crippen LogP contribution in [0.5, 0.6) is 0 Å².